The second-order valence-corrected chi connectivity index (χ2v) is 5.75. The van der Waals surface area contributed by atoms with Gasteiger partial charge in [-0.1, -0.05) is 35.5 Å². The quantitative estimate of drug-likeness (QED) is 0.938. The number of aromatic nitrogens is 2. The Balaban J connectivity index is 1.62. The smallest absolute Gasteiger partial charge is 0.270 e. The summed E-state index contributed by atoms with van der Waals surface area (Å²) >= 11 is 1.32. The van der Waals surface area contributed by atoms with Gasteiger partial charge in [0, 0.05) is 12.0 Å². The summed E-state index contributed by atoms with van der Waals surface area (Å²) in [5.41, 5.74) is 1.16. The van der Waals surface area contributed by atoms with Crippen LogP contribution >= 0.6 is 11.3 Å². The molecule has 0 bridgehead atoms. The largest absolute Gasteiger partial charge is 0.382 e. The van der Waals surface area contributed by atoms with Gasteiger partial charge in [-0.3, -0.25) is 10.1 Å². The maximum atomic E-state index is 13.2. The van der Waals surface area contributed by atoms with Crippen molar-refractivity contribution in [3.63, 3.8) is 0 Å². The lowest BCUT2D eigenvalue weighted by Crippen LogP contribution is -2.28. The highest BCUT2D eigenvalue weighted by molar-refractivity contribution is 7.15. The van der Waals surface area contributed by atoms with Gasteiger partial charge in [0.15, 0.2) is 0 Å². The lowest BCUT2D eigenvalue weighted by molar-refractivity contribution is -0.125. The number of nitrogens with zero attached hydrogens (tertiary/aromatic N) is 3. The van der Waals surface area contributed by atoms with Crippen LogP contribution in [0.2, 0.25) is 0 Å². The number of rotatable bonds is 4. The highest BCUT2D eigenvalue weighted by Crippen LogP contribution is 2.20. The number of nitrogens with one attached hydrogen (secondary N) is 1. The average Bonchev–Trinajstić information content (AvgIpc) is 3.16. The molecular weight excluding hydrogens is 307 g/mol. The summed E-state index contributed by atoms with van der Waals surface area (Å²) in [6.45, 7) is 1.96. The van der Waals surface area contributed by atoms with E-state index >= 15 is 0 Å². The number of carbonyl (C=O) groups excluding carboxylic acids is 1. The summed E-state index contributed by atoms with van der Waals surface area (Å²) in [6.07, 6.45) is 0.307. The van der Waals surface area contributed by atoms with E-state index < -0.39 is 6.10 Å². The van der Waals surface area contributed by atoms with Crippen molar-refractivity contribution >= 4 is 28.1 Å². The summed E-state index contributed by atoms with van der Waals surface area (Å²) in [7, 11) is 0. The first kappa shape index (κ1) is 14.6. The molecule has 6 nitrogen and oxygen atoms in total. The molecule has 0 fully saturated rings. The van der Waals surface area contributed by atoms with Crippen LogP contribution in [-0.4, -0.2) is 27.9 Å². The molecule has 2 heterocycles. The number of benzene rings is 1. The Bertz CT molecular complexity index is 731. The summed E-state index contributed by atoms with van der Waals surface area (Å²) in [4.78, 5) is 17.2. The molecule has 0 saturated heterocycles. The molecular formula is C14H13FN4O2S. The van der Waals surface area contributed by atoms with E-state index in [1.54, 1.807) is 12.1 Å². The van der Waals surface area contributed by atoms with Crippen molar-refractivity contribution in [2.24, 2.45) is 5.16 Å². The second kappa shape index (κ2) is 6.18. The van der Waals surface area contributed by atoms with E-state index in [4.69, 9.17) is 4.84 Å². The molecule has 8 heteroatoms. The van der Waals surface area contributed by atoms with Crippen LogP contribution in [-0.2, 0) is 16.1 Å². The molecule has 0 unspecified atom stereocenters. The van der Waals surface area contributed by atoms with E-state index in [-0.39, 0.29) is 18.1 Å². The number of halogens is 1. The zero-order valence-corrected chi connectivity index (χ0v) is 12.6. The Kier molecular flexibility index (Phi) is 4.10. The minimum atomic E-state index is -0.743. The molecule has 0 spiro atoms. The normalized spacial score (nSPS) is 17.0. The second-order valence-electron chi connectivity index (χ2n) is 4.69. The van der Waals surface area contributed by atoms with Gasteiger partial charge >= 0.3 is 0 Å². The molecule has 1 aromatic carbocycles. The molecule has 1 aliphatic rings. The number of oxime groups is 1. The maximum Gasteiger partial charge on any atom is 0.270 e. The molecule has 3 rings (SSSR count). The van der Waals surface area contributed by atoms with E-state index in [1.807, 2.05) is 6.92 Å². The van der Waals surface area contributed by atoms with Crippen molar-refractivity contribution in [1.29, 1.82) is 0 Å². The SMILES string of the molecule is CCc1nnc(NC(=O)[C@@H]2CC(c3cccc(F)c3)=NO2)s1. The Labute approximate surface area is 130 Å². The standard InChI is InChI=1S/C14H13FN4O2S/c1-2-12-17-18-14(22-12)16-13(20)11-7-10(19-21-11)8-4-3-5-9(15)6-8/h3-6,11H,2,7H2,1H3,(H,16,18,20)/t11-/m0/s1. The first-order valence-electron chi connectivity index (χ1n) is 6.77. The van der Waals surface area contributed by atoms with Crippen molar-refractivity contribution in [3.8, 4) is 0 Å². The van der Waals surface area contributed by atoms with Crippen LogP contribution in [0.4, 0.5) is 9.52 Å². The van der Waals surface area contributed by atoms with Gasteiger partial charge in [0.1, 0.15) is 10.8 Å². The van der Waals surface area contributed by atoms with Crippen LogP contribution in [0.15, 0.2) is 29.4 Å². The van der Waals surface area contributed by atoms with Crippen LogP contribution in [0.1, 0.15) is 23.9 Å². The van der Waals surface area contributed by atoms with Gasteiger partial charge in [-0.05, 0) is 18.6 Å². The summed E-state index contributed by atoms with van der Waals surface area (Å²) < 4.78 is 13.2. The van der Waals surface area contributed by atoms with Crippen LogP contribution in [0.5, 0.6) is 0 Å². The first-order chi connectivity index (χ1) is 10.7. The Morgan fingerprint density at radius 3 is 3.09 bits per heavy atom. The first-order valence-corrected chi connectivity index (χ1v) is 7.59. The predicted molar refractivity (Wildman–Crippen MR) is 80.3 cm³/mol. The van der Waals surface area contributed by atoms with E-state index in [2.05, 4.69) is 20.7 Å². The van der Waals surface area contributed by atoms with E-state index in [0.29, 0.717) is 16.4 Å². The number of amides is 1. The maximum absolute atomic E-state index is 13.2. The minimum absolute atomic E-state index is 0.286. The zero-order valence-electron chi connectivity index (χ0n) is 11.7. The molecule has 1 N–H and O–H groups in total. The topological polar surface area (TPSA) is 76.5 Å². The van der Waals surface area contributed by atoms with Gasteiger partial charge in [-0.2, -0.15) is 0 Å². The van der Waals surface area contributed by atoms with Crippen LogP contribution in [0.3, 0.4) is 0 Å². The van der Waals surface area contributed by atoms with Crippen LogP contribution < -0.4 is 5.32 Å². The fourth-order valence-electron chi connectivity index (χ4n) is 1.99. The minimum Gasteiger partial charge on any atom is -0.382 e. The fourth-order valence-corrected chi connectivity index (χ4v) is 2.67. The molecule has 1 aromatic heterocycles. The zero-order chi connectivity index (χ0) is 15.5. The molecule has 0 radical (unpaired) electrons. The number of aryl methyl sites for hydroxylation is 1. The number of hydrogen-bond donors (Lipinski definition) is 1. The van der Waals surface area contributed by atoms with E-state index in [0.717, 1.165) is 11.4 Å². The molecule has 114 valence electrons. The average molecular weight is 320 g/mol. The monoisotopic (exact) mass is 320 g/mol. The van der Waals surface area contributed by atoms with E-state index in [1.165, 1.54) is 23.5 Å². The highest BCUT2D eigenvalue weighted by Gasteiger charge is 2.29. The van der Waals surface area contributed by atoms with Gasteiger partial charge in [0.25, 0.3) is 5.91 Å². The van der Waals surface area contributed by atoms with Gasteiger partial charge in [0.2, 0.25) is 11.2 Å². The van der Waals surface area contributed by atoms with Gasteiger partial charge in [0.05, 0.1) is 5.71 Å². The number of hydrogen-bond acceptors (Lipinski definition) is 6. The molecule has 2 aromatic rings. The van der Waals surface area contributed by atoms with Crippen molar-refractivity contribution < 1.29 is 14.0 Å². The van der Waals surface area contributed by atoms with Crippen LogP contribution in [0, 0.1) is 5.82 Å². The Morgan fingerprint density at radius 1 is 1.50 bits per heavy atom. The van der Waals surface area contributed by atoms with Crippen molar-refractivity contribution in [1.82, 2.24) is 10.2 Å². The lowest BCUT2D eigenvalue weighted by Gasteiger charge is -2.06. The van der Waals surface area contributed by atoms with Gasteiger partial charge in [-0.25, -0.2) is 4.39 Å². The molecule has 22 heavy (non-hydrogen) atoms. The third kappa shape index (κ3) is 3.11. The van der Waals surface area contributed by atoms with E-state index in [9.17, 15) is 9.18 Å². The number of anilines is 1. The van der Waals surface area contributed by atoms with Crippen molar-refractivity contribution in [2.45, 2.75) is 25.9 Å². The van der Waals surface area contributed by atoms with Crippen molar-refractivity contribution in [2.75, 3.05) is 5.32 Å². The third-order valence-corrected chi connectivity index (χ3v) is 4.10. The molecule has 1 atom stereocenters. The van der Waals surface area contributed by atoms with Gasteiger partial charge < -0.3 is 4.84 Å². The Morgan fingerprint density at radius 2 is 2.36 bits per heavy atom. The summed E-state index contributed by atoms with van der Waals surface area (Å²) in [5.74, 6) is -0.692. The third-order valence-electron chi connectivity index (χ3n) is 3.12. The van der Waals surface area contributed by atoms with Gasteiger partial charge in [-0.15, -0.1) is 10.2 Å². The highest BCUT2D eigenvalue weighted by atomic mass is 32.1. The molecule has 1 amide bonds. The molecule has 1 aliphatic heterocycles. The molecule has 0 saturated carbocycles. The summed E-state index contributed by atoms with van der Waals surface area (Å²) in [6, 6.07) is 6.03. The molecule has 0 aliphatic carbocycles. The summed E-state index contributed by atoms with van der Waals surface area (Å²) in [5, 5.41) is 15.6. The van der Waals surface area contributed by atoms with Crippen LogP contribution in [0.25, 0.3) is 0 Å². The lowest BCUT2D eigenvalue weighted by atomic mass is 10.0. The van der Waals surface area contributed by atoms with Crippen molar-refractivity contribution in [3.05, 3.63) is 40.7 Å². The fraction of sp³-hybridized carbons (Fsp3) is 0.286. The predicted octanol–water partition coefficient (Wildman–Crippen LogP) is 2.37. The Hall–Kier alpha value is -2.35. The number of carbonyl (C=O) groups is 1.